The first-order chi connectivity index (χ1) is 9.54. The molecule has 0 aromatic carbocycles. The van der Waals surface area contributed by atoms with Crippen LogP contribution in [-0.4, -0.2) is 54.1 Å². The van der Waals surface area contributed by atoms with Crippen LogP contribution >= 0.6 is 0 Å². The third kappa shape index (κ3) is 3.22. The van der Waals surface area contributed by atoms with Crippen LogP contribution in [0.25, 0.3) is 0 Å². The second-order valence-corrected chi connectivity index (χ2v) is 5.71. The Labute approximate surface area is 122 Å². The lowest BCUT2D eigenvalue weighted by atomic mass is 10.0. The predicted molar refractivity (Wildman–Crippen MR) is 81.0 cm³/mol. The lowest BCUT2D eigenvalue weighted by Gasteiger charge is -2.31. The van der Waals surface area contributed by atoms with E-state index in [2.05, 4.69) is 54.7 Å². The maximum atomic E-state index is 5.80. The fourth-order valence-corrected chi connectivity index (χ4v) is 3.06. The van der Waals surface area contributed by atoms with Gasteiger partial charge in [0.25, 0.3) is 0 Å². The fraction of sp³-hybridized carbons (Fsp3) is 0.800. The van der Waals surface area contributed by atoms with Crippen LogP contribution in [0, 0.1) is 13.8 Å². The van der Waals surface area contributed by atoms with Crippen molar-refractivity contribution in [1.82, 2.24) is 20.0 Å². The number of nitrogens with one attached hydrogen (secondary N) is 1. The number of nitrogens with zero attached hydrogens (tertiary/aromatic N) is 3. The van der Waals surface area contributed by atoms with Gasteiger partial charge in [-0.05, 0) is 34.7 Å². The minimum atomic E-state index is 0.290. The molecule has 0 bridgehead atoms. The average Bonchev–Trinajstić information content (AvgIpc) is 2.73. The van der Waals surface area contributed by atoms with E-state index in [1.807, 2.05) is 0 Å². The van der Waals surface area contributed by atoms with Crippen molar-refractivity contribution in [2.45, 2.75) is 46.4 Å². The van der Waals surface area contributed by atoms with E-state index in [1.54, 1.807) is 0 Å². The summed E-state index contributed by atoms with van der Waals surface area (Å²) in [5, 5.41) is 8.01. The smallest absolute Gasteiger partial charge is 0.0826 e. The molecule has 114 valence electrons. The molecule has 5 heteroatoms. The highest BCUT2D eigenvalue weighted by molar-refractivity contribution is 5.27. The van der Waals surface area contributed by atoms with E-state index >= 15 is 0 Å². The van der Waals surface area contributed by atoms with Crippen LogP contribution in [-0.2, 0) is 11.3 Å². The molecule has 1 saturated heterocycles. The third-order valence-electron chi connectivity index (χ3n) is 4.31. The standard InChI is InChI=1S/C15H28N4O/c1-6-19-13(4)15(11(2)17-19)12(3)18(5)10-14-9-16-7-8-20-14/h12,14,16H,6-10H2,1-5H3. The average molecular weight is 280 g/mol. The zero-order valence-electron chi connectivity index (χ0n) is 13.4. The Morgan fingerprint density at radius 2 is 2.25 bits per heavy atom. The molecule has 2 unspecified atom stereocenters. The summed E-state index contributed by atoms with van der Waals surface area (Å²) in [5.74, 6) is 0. The van der Waals surface area contributed by atoms with E-state index in [9.17, 15) is 0 Å². The number of hydrogen-bond donors (Lipinski definition) is 1. The Hall–Kier alpha value is -0.910. The van der Waals surface area contributed by atoms with Gasteiger partial charge in [-0.1, -0.05) is 0 Å². The normalized spacial score (nSPS) is 21.4. The molecule has 2 rings (SSSR count). The van der Waals surface area contributed by atoms with Gasteiger partial charge in [-0.15, -0.1) is 0 Å². The second-order valence-electron chi connectivity index (χ2n) is 5.71. The van der Waals surface area contributed by atoms with E-state index in [0.29, 0.717) is 6.04 Å². The molecule has 1 N–H and O–H groups in total. The van der Waals surface area contributed by atoms with Gasteiger partial charge in [0, 0.05) is 43.5 Å². The van der Waals surface area contributed by atoms with Gasteiger partial charge in [-0.25, -0.2) is 0 Å². The van der Waals surface area contributed by atoms with Gasteiger partial charge in [0.2, 0.25) is 0 Å². The highest BCUT2D eigenvalue weighted by Crippen LogP contribution is 2.26. The van der Waals surface area contributed by atoms with Crippen LogP contribution < -0.4 is 5.32 Å². The predicted octanol–water partition coefficient (Wildman–Crippen LogP) is 1.50. The largest absolute Gasteiger partial charge is 0.374 e. The van der Waals surface area contributed by atoms with Crippen molar-refractivity contribution in [3.8, 4) is 0 Å². The Morgan fingerprint density at radius 3 is 2.80 bits per heavy atom. The molecular formula is C15H28N4O. The van der Waals surface area contributed by atoms with E-state index in [4.69, 9.17) is 4.74 Å². The fourth-order valence-electron chi connectivity index (χ4n) is 3.06. The second kappa shape index (κ2) is 6.70. The Kier molecular flexibility index (Phi) is 5.18. The monoisotopic (exact) mass is 280 g/mol. The summed E-state index contributed by atoms with van der Waals surface area (Å²) in [4.78, 5) is 2.37. The van der Waals surface area contributed by atoms with Crippen molar-refractivity contribution >= 4 is 0 Å². The molecule has 0 saturated carbocycles. The highest BCUT2D eigenvalue weighted by atomic mass is 16.5. The molecule has 5 nitrogen and oxygen atoms in total. The first kappa shape index (κ1) is 15.5. The maximum absolute atomic E-state index is 5.80. The lowest BCUT2D eigenvalue weighted by Crippen LogP contribution is -2.44. The van der Waals surface area contributed by atoms with Crippen LogP contribution in [0.3, 0.4) is 0 Å². The van der Waals surface area contributed by atoms with Crippen molar-refractivity contribution in [3.05, 3.63) is 17.0 Å². The van der Waals surface area contributed by atoms with Crippen LogP contribution in [0.4, 0.5) is 0 Å². The van der Waals surface area contributed by atoms with Crippen LogP contribution in [0.15, 0.2) is 0 Å². The molecule has 2 atom stereocenters. The summed E-state index contributed by atoms with van der Waals surface area (Å²) in [5.41, 5.74) is 3.79. The molecule has 1 fully saturated rings. The Balaban J connectivity index is 2.05. The van der Waals surface area contributed by atoms with E-state index in [1.165, 1.54) is 11.3 Å². The Morgan fingerprint density at radius 1 is 1.50 bits per heavy atom. The number of morpholine rings is 1. The van der Waals surface area contributed by atoms with Gasteiger partial charge >= 0.3 is 0 Å². The maximum Gasteiger partial charge on any atom is 0.0826 e. The van der Waals surface area contributed by atoms with Gasteiger partial charge in [0.15, 0.2) is 0 Å². The quantitative estimate of drug-likeness (QED) is 0.887. The molecule has 20 heavy (non-hydrogen) atoms. The van der Waals surface area contributed by atoms with E-state index in [0.717, 1.165) is 38.5 Å². The summed E-state index contributed by atoms with van der Waals surface area (Å²) in [6.07, 6.45) is 0.290. The SMILES string of the molecule is CCn1nc(C)c(C(C)N(C)CC2CNCCO2)c1C. The molecule has 1 aliphatic rings. The van der Waals surface area contributed by atoms with Gasteiger partial charge in [0.1, 0.15) is 0 Å². The summed E-state index contributed by atoms with van der Waals surface area (Å²) in [6, 6.07) is 0.362. The molecule has 1 aliphatic heterocycles. The highest BCUT2D eigenvalue weighted by Gasteiger charge is 2.23. The van der Waals surface area contributed by atoms with Crippen molar-refractivity contribution < 1.29 is 4.74 Å². The number of hydrogen-bond acceptors (Lipinski definition) is 4. The first-order valence-corrected chi connectivity index (χ1v) is 7.61. The molecule has 1 aromatic rings. The van der Waals surface area contributed by atoms with Gasteiger partial charge < -0.3 is 10.1 Å². The van der Waals surface area contributed by atoms with Crippen molar-refractivity contribution in [2.24, 2.45) is 0 Å². The molecular weight excluding hydrogens is 252 g/mol. The third-order valence-corrected chi connectivity index (χ3v) is 4.31. The van der Waals surface area contributed by atoms with Crippen LogP contribution in [0.2, 0.25) is 0 Å². The molecule has 0 aliphatic carbocycles. The topological polar surface area (TPSA) is 42.3 Å². The van der Waals surface area contributed by atoms with E-state index in [-0.39, 0.29) is 6.10 Å². The number of rotatable bonds is 5. The van der Waals surface area contributed by atoms with Gasteiger partial charge in [0.05, 0.1) is 18.4 Å². The molecule has 0 radical (unpaired) electrons. The van der Waals surface area contributed by atoms with Crippen molar-refractivity contribution in [3.63, 3.8) is 0 Å². The lowest BCUT2D eigenvalue weighted by molar-refractivity contribution is 0.00384. The molecule has 0 amide bonds. The summed E-state index contributed by atoms with van der Waals surface area (Å²) in [7, 11) is 2.17. The minimum absolute atomic E-state index is 0.290. The van der Waals surface area contributed by atoms with Crippen LogP contribution in [0.1, 0.15) is 36.8 Å². The number of aryl methyl sites for hydroxylation is 2. The molecule has 2 heterocycles. The Bertz CT molecular complexity index is 437. The van der Waals surface area contributed by atoms with Gasteiger partial charge in [-0.3, -0.25) is 9.58 Å². The summed E-state index contributed by atoms with van der Waals surface area (Å²) >= 11 is 0. The number of likely N-dealkylation sites (N-methyl/N-ethyl adjacent to an activating group) is 1. The minimum Gasteiger partial charge on any atom is -0.374 e. The number of aromatic nitrogens is 2. The zero-order chi connectivity index (χ0) is 14.7. The number of ether oxygens (including phenoxy) is 1. The van der Waals surface area contributed by atoms with E-state index < -0.39 is 0 Å². The molecule has 0 spiro atoms. The first-order valence-electron chi connectivity index (χ1n) is 7.61. The summed E-state index contributed by atoms with van der Waals surface area (Å²) in [6.45, 7) is 13.3. The summed E-state index contributed by atoms with van der Waals surface area (Å²) < 4.78 is 7.89. The molecule has 1 aromatic heterocycles. The van der Waals surface area contributed by atoms with Crippen molar-refractivity contribution in [2.75, 3.05) is 33.3 Å². The van der Waals surface area contributed by atoms with Gasteiger partial charge in [-0.2, -0.15) is 5.10 Å². The van der Waals surface area contributed by atoms with Crippen LogP contribution in [0.5, 0.6) is 0 Å². The zero-order valence-corrected chi connectivity index (χ0v) is 13.4. The van der Waals surface area contributed by atoms with Crippen molar-refractivity contribution in [1.29, 1.82) is 0 Å².